The number of benzene rings is 1. The first-order valence-corrected chi connectivity index (χ1v) is 6.28. The summed E-state index contributed by atoms with van der Waals surface area (Å²) in [5.41, 5.74) is 2.88. The van der Waals surface area contributed by atoms with Crippen LogP contribution in [0.4, 0.5) is 0 Å². The van der Waals surface area contributed by atoms with E-state index >= 15 is 0 Å². The zero-order valence-electron chi connectivity index (χ0n) is 9.89. The lowest BCUT2D eigenvalue weighted by Gasteiger charge is -2.11. The lowest BCUT2D eigenvalue weighted by atomic mass is 10.1. The molecule has 0 aliphatic heterocycles. The fraction of sp³-hybridized carbons (Fsp3) is 0.308. The van der Waals surface area contributed by atoms with Crippen molar-refractivity contribution < 1.29 is 5.11 Å². The molecule has 0 aliphatic carbocycles. The molecule has 17 heavy (non-hydrogen) atoms. The third-order valence-corrected chi connectivity index (χ3v) is 3.19. The standard InChI is InChI=1S/C13H15BrN2O/c1-9-6-12(16(2)15-9)13(17)8-10-4-3-5-11(14)7-10/h3-7,13,17H,8H2,1-2H3. The Bertz CT molecular complexity index is 522. The number of nitrogens with zero attached hydrogens (tertiary/aromatic N) is 2. The van der Waals surface area contributed by atoms with Crippen LogP contribution in [0.1, 0.15) is 23.1 Å². The number of aromatic nitrogens is 2. The van der Waals surface area contributed by atoms with Crippen LogP contribution in [0.3, 0.4) is 0 Å². The summed E-state index contributed by atoms with van der Waals surface area (Å²) >= 11 is 3.43. The van der Waals surface area contributed by atoms with Crippen molar-refractivity contribution in [3.63, 3.8) is 0 Å². The second kappa shape index (κ2) is 5.02. The Kier molecular flexibility index (Phi) is 3.64. The first-order valence-electron chi connectivity index (χ1n) is 5.49. The third kappa shape index (κ3) is 2.96. The number of hydrogen-bond acceptors (Lipinski definition) is 2. The van der Waals surface area contributed by atoms with Crippen LogP contribution in [-0.2, 0) is 13.5 Å². The molecule has 1 N–H and O–H groups in total. The summed E-state index contributed by atoms with van der Waals surface area (Å²) in [6, 6.07) is 9.90. The molecule has 3 nitrogen and oxygen atoms in total. The van der Waals surface area contributed by atoms with Crippen molar-refractivity contribution in [2.75, 3.05) is 0 Å². The SMILES string of the molecule is Cc1cc(C(O)Cc2cccc(Br)c2)n(C)n1. The summed E-state index contributed by atoms with van der Waals surface area (Å²) in [5.74, 6) is 0. The van der Waals surface area contributed by atoms with E-state index in [9.17, 15) is 5.11 Å². The van der Waals surface area contributed by atoms with Gasteiger partial charge in [0.05, 0.1) is 17.5 Å². The van der Waals surface area contributed by atoms with Gasteiger partial charge in [0.25, 0.3) is 0 Å². The van der Waals surface area contributed by atoms with Gasteiger partial charge in [0, 0.05) is 17.9 Å². The Morgan fingerprint density at radius 3 is 2.76 bits per heavy atom. The molecule has 0 saturated heterocycles. The summed E-state index contributed by atoms with van der Waals surface area (Å²) < 4.78 is 2.77. The molecular weight excluding hydrogens is 280 g/mol. The van der Waals surface area contributed by atoms with E-state index in [0.29, 0.717) is 6.42 Å². The van der Waals surface area contributed by atoms with Crippen LogP contribution >= 0.6 is 15.9 Å². The van der Waals surface area contributed by atoms with E-state index in [-0.39, 0.29) is 0 Å². The van der Waals surface area contributed by atoms with Crippen molar-refractivity contribution in [3.8, 4) is 0 Å². The summed E-state index contributed by atoms with van der Waals surface area (Å²) in [6.45, 7) is 1.93. The normalized spacial score (nSPS) is 12.7. The molecule has 0 amide bonds. The third-order valence-electron chi connectivity index (χ3n) is 2.70. The number of rotatable bonds is 3. The molecule has 1 heterocycles. The van der Waals surface area contributed by atoms with E-state index in [4.69, 9.17) is 0 Å². The maximum absolute atomic E-state index is 10.2. The highest BCUT2D eigenvalue weighted by Crippen LogP contribution is 2.20. The van der Waals surface area contributed by atoms with Gasteiger partial charge in [0.1, 0.15) is 0 Å². The van der Waals surface area contributed by atoms with Gasteiger partial charge in [-0.2, -0.15) is 5.10 Å². The van der Waals surface area contributed by atoms with Crippen LogP contribution in [0.25, 0.3) is 0 Å². The van der Waals surface area contributed by atoms with Gasteiger partial charge in [-0.3, -0.25) is 4.68 Å². The molecule has 1 atom stereocenters. The van der Waals surface area contributed by atoms with Crippen molar-refractivity contribution in [3.05, 3.63) is 51.8 Å². The van der Waals surface area contributed by atoms with Gasteiger partial charge < -0.3 is 5.11 Å². The highest BCUT2D eigenvalue weighted by molar-refractivity contribution is 9.10. The predicted molar refractivity (Wildman–Crippen MR) is 70.8 cm³/mol. The van der Waals surface area contributed by atoms with E-state index in [2.05, 4.69) is 21.0 Å². The molecule has 0 radical (unpaired) electrons. The van der Waals surface area contributed by atoms with Crippen LogP contribution in [0.5, 0.6) is 0 Å². The Labute approximate surface area is 109 Å². The van der Waals surface area contributed by atoms with Crippen molar-refractivity contribution in [1.29, 1.82) is 0 Å². The lowest BCUT2D eigenvalue weighted by Crippen LogP contribution is -2.07. The molecule has 0 aliphatic rings. The Morgan fingerprint density at radius 2 is 2.18 bits per heavy atom. The number of aliphatic hydroxyl groups is 1. The van der Waals surface area contributed by atoms with E-state index in [1.807, 2.05) is 44.3 Å². The fourth-order valence-corrected chi connectivity index (χ4v) is 2.38. The second-order valence-electron chi connectivity index (χ2n) is 4.18. The van der Waals surface area contributed by atoms with E-state index < -0.39 is 6.10 Å². The van der Waals surface area contributed by atoms with E-state index in [1.165, 1.54) is 0 Å². The molecule has 2 aromatic rings. The topological polar surface area (TPSA) is 38.0 Å². The summed E-state index contributed by atoms with van der Waals surface area (Å²) in [6.07, 6.45) is 0.0776. The minimum absolute atomic E-state index is 0.518. The minimum atomic E-state index is -0.518. The molecule has 0 spiro atoms. The number of aryl methyl sites for hydroxylation is 2. The lowest BCUT2D eigenvalue weighted by molar-refractivity contribution is 0.168. The van der Waals surface area contributed by atoms with E-state index in [0.717, 1.165) is 21.4 Å². The minimum Gasteiger partial charge on any atom is -0.386 e. The van der Waals surface area contributed by atoms with Gasteiger partial charge in [-0.15, -0.1) is 0 Å². The summed E-state index contributed by atoms with van der Waals surface area (Å²) in [4.78, 5) is 0. The van der Waals surface area contributed by atoms with Crippen molar-refractivity contribution in [2.45, 2.75) is 19.4 Å². The predicted octanol–water partition coefficient (Wildman–Crippen LogP) is 2.77. The molecule has 0 fully saturated rings. The molecule has 0 bridgehead atoms. The largest absolute Gasteiger partial charge is 0.386 e. The first kappa shape index (κ1) is 12.3. The molecular formula is C13H15BrN2O. The van der Waals surface area contributed by atoms with Gasteiger partial charge in [-0.25, -0.2) is 0 Å². The van der Waals surface area contributed by atoms with Gasteiger partial charge in [-0.1, -0.05) is 28.1 Å². The Morgan fingerprint density at radius 1 is 1.41 bits per heavy atom. The van der Waals surface area contributed by atoms with Gasteiger partial charge in [-0.05, 0) is 30.7 Å². The average Bonchev–Trinajstić information content (AvgIpc) is 2.58. The number of aliphatic hydroxyl groups excluding tert-OH is 1. The molecule has 4 heteroatoms. The maximum Gasteiger partial charge on any atom is 0.0996 e. The summed E-state index contributed by atoms with van der Waals surface area (Å²) in [7, 11) is 1.85. The van der Waals surface area contributed by atoms with Crippen LogP contribution in [0, 0.1) is 6.92 Å². The van der Waals surface area contributed by atoms with Crippen molar-refractivity contribution in [1.82, 2.24) is 9.78 Å². The van der Waals surface area contributed by atoms with Crippen molar-refractivity contribution in [2.24, 2.45) is 7.05 Å². The first-order chi connectivity index (χ1) is 8.06. The number of halogens is 1. The van der Waals surface area contributed by atoms with E-state index in [1.54, 1.807) is 4.68 Å². The number of hydrogen-bond donors (Lipinski definition) is 1. The summed E-state index contributed by atoms with van der Waals surface area (Å²) in [5, 5.41) is 14.4. The molecule has 1 aromatic heterocycles. The van der Waals surface area contributed by atoms with Crippen LogP contribution in [0.2, 0.25) is 0 Å². The highest BCUT2D eigenvalue weighted by Gasteiger charge is 2.13. The quantitative estimate of drug-likeness (QED) is 0.945. The highest BCUT2D eigenvalue weighted by atomic mass is 79.9. The maximum atomic E-state index is 10.2. The zero-order chi connectivity index (χ0) is 12.4. The van der Waals surface area contributed by atoms with Gasteiger partial charge in [0.15, 0.2) is 0 Å². The molecule has 2 rings (SSSR count). The smallest absolute Gasteiger partial charge is 0.0996 e. The molecule has 0 saturated carbocycles. The average molecular weight is 295 g/mol. The van der Waals surface area contributed by atoms with Gasteiger partial charge in [0.2, 0.25) is 0 Å². The van der Waals surface area contributed by atoms with Crippen molar-refractivity contribution >= 4 is 15.9 Å². The van der Waals surface area contributed by atoms with Crippen LogP contribution in [0.15, 0.2) is 34.8 Å². The Balaban J connectivity index is 2.16. The monoisotopic (exact) mass is 294 g/mol. The van der Waals surface area contributed by atoms with Crippen LogP contribution < -0.4 is 0 Å². The van der Waals surface area contributed by atoms with Gasteiger partial charge >= 0.3 is 0 Å². The molecule has 1 aromatic carbocycles. The van der Waals surface area contributed by atoms with Crippen LogP contribution in [-0.4, -0.2) is 14.9 Å². The molecule has 90 valence electrons. The second-order valence-corrected chi connectivity index (χ2v) is 5.10. The molecule has 1 unspecified atom stereocenters. The zero-order valence-corrected chi connectivity index (χ0v) is 11.5. The fourth-order valence-electron chi connectivity index (χ4n) is 1.93. The Hall–Kier alpha value is -1.13.